The molecule has 0 fully saturated rings. The van der Waals surface area contributed by atoms with Crippen molar-refractivity contribution in [3.05, 3.63) is 0 Å². The largest absolute Gasteiger partial charge is 0.130 e. The highest BCUT2D eigenvalue weighted by molar-refractivity contribution is 6.92. The lowest BCUT2D eigenvalue weighted by atomic mass is 11.7. The van der Waals surface area contributed by atoms with Crippen LogP contribution >= 0.6 is 34.8 Å². The first-order valence-corrected chi connectivity index (χ1v) is 7.09. The summed E-state index contributed by atoms with van der Waals surface area (Å²) in [5, 5.41) is 0. The van der Waals surface area contributed by atoms with Gasteiger partial charge in [-0.25, -0.2) is 0 Å². The molecule has 0 heterocycles. The molecule has 0 rings (SSSR count). The van der Waals surface area contributed by atoms with E-state index in [1.165, 1.54) is 0 Å². The summed E-state index contributed by atoms with van der Waals surface area (Å²) in [5.41, 5.74) is 2.00. The van der Waals surface area contributed by atoms with Gasteiger partial charge < -0.3 is 0 Å². The standard InChI is InChI=1S/C4H9Cl3Si/c1-8(2-5,3-6)4-7/h2-4H2,1H3. The van der Waals surface area contributed by atoms with Crippen LogP contribution in [0.1, 0.15) is 0 Å². The fourth-order valence-electron chi connectivity index (χ4n) is 0.107. The van der Waals surface area contributed by atoms with Crippen LogP contribution in [0.5, 0.6) is 0 Å². The Hall–Kier alpha value is 1.09. The van der Waals surface area contributed by atoms with Gasteiger partial charge in [0.2, 0.25) is 0 Å². The quantitative estimate of drug-likeness (QED) is 0.475. The molecule has 0 unspecified atom stereocenters. The van der Waals surface area contributed by atoms with Crippen LogP contribution in [0.2, 0.25) is 6.55 Å². The van der Waals surface area contributed by atoms with Gasteiger partial charge in [-0.2, -0.15) is 0 Å². The number of rotatable bonds is 3. The molecular weight excluding hydrogens is 182 g/mol. The van der Waals surface area contributed by atoms with Crippen LogP contribution in [0.4, 0.5) is 0 Å². The summed E-state index contributed by atoms with van der Waals surface area (Å²) >= 11 is 16.8. The van der Waals surface area contributed by atoms with E-state index < -0.39 is 8.07 Å². The van der Waals surface area contributed by atoms with Crippen LogP contribution in [0.3, 0.4) is 0 Å². The van der Waals surface area contributed by atoms with Gasteiger partial charge in [0.1, 0.15) is 0 Å². The minimum Gasteiger partial charge on any atom is -0.130 e. The lowest BCUT2D eigenvalue weighted by molar-refractivity contribution is 1.60. The minimum atomic E-state index is -1.37. The molecule has 8 heavy (non-hydrogen) atoms. The van der Waals surface area contributed by atoms with Crippen molar-refractivity contribution in [3.8, 4) is 0 Å². The molecule has 0 spiro atoms. The molecule has 50 valence electrons. The van der Waals surface area contributed by atoms with Crippen LogP contribution in [0.15, 0.2) is 0 Å². The van der Waals surface area contributed by atoms with E-state index in [1.54, 1.807) is 0 Å². The van der Waals surface area contributed by atoms with Crippen molar-refractivity contribution >= 4 is 42.9 Å². The second-order valence-electron chi connectivity index (χ2n) is 2.21. The van der Waals surface area contributed by atoms with Crippen LogP contribution in [0, 0.1) is 0 Å². The van der Waals surface area contributed by atoms with E-state index in [0.717, 1.165) is 0 Å². The van der Waals surface area contributed by atoms with E-state index in [0.29, 0.717) is 16.5 Å². The van der Waals surface area contributed by atoms with Crippen LogP contribution in [-0.4, -0.2) is 24.6 Å². The number of hydrogen-bond acceptors (Lipinski definition) is 0. The number of alkyl halides is 3. The first-order valence-electron chi connectivity index (χ1n) is 2.36. The van der Waals surface area contributed by atoms with E-state index >= 15 is 0 Å². The first-order chi connectivity index (χ1) is 3.68. The zero-order chi connectivity index (χ0) is 6.62. The van der Waals surface area contributed by atoms with E-state index in [1.807, 2.05) is 0 Å². The number of hydrogen-bond donors (Lipinski definition) is 0. The Labute approximate surface area is 66.1 Å². The van der Waals surface area contributed by atoms with Gasteiger partial charge >= 0.3 is 0 Å². The van der Waals surface area contributed by atoms with E-state index in [2.05, 4.69) is 6.55 Å². The smallest absolute Gasteiger partial charge is 0.0984 e. The van der Waals surface area contributed by atoms with Gasteiger partial charge in [0.25, 0.3) is 0 Å². The summed E-state index contributed by atoms with van der Waals surface area (Å²) in [6.45, 7) is 2.10. The van der Waals surface area contributed by atoms with Crippen molar-refractivity contribution in [1.82, 2.24) is 0 Å². The topological polar surface area (TPSA) is 0 Å². The monoisotopic (exact) mass is 190 g/mol. The molecular formula is C4H9Cl3Si. The molecule has 0 radical (unpaired) electrons. The highest BCUT2D eigenvalue weighted by Gasteiger charge is 2.23. The summed E-state index contributed by atoms with van der Waals surface area (Å²) in [4.78, 5) is 0. The lowest BCUT2D eigenvalue weighted by Crippen LogP contribution is -2.38. The van der Waals surface area contributed by atoms with Gasteiger partial charge in [0, 0.05) is 16.5 Å². The van der Waals surface area contributed by atoms with Crippen LogP contribution < -0.4 is 0 Å². The Balaban J connectivity index is 3.58. The van der Waals surface area contributed by atoms with Gasteiger partial charge in [-0.1, -0.05) is 6.55 Å². The number of halogens is 3. The van der Waals surface area contributed by atoms with Crippen molar-refractivity contribution in [3.63, 3.8) is 0 Å². The average Bonchev–Trinajstić information content (AvgIpc) is 1.87. The molecule has 0 atom stereocenters. The molecule has 0 bridgehead atoms. The van der Waals surface area contributed by atoms with Gasteiger partial charge in [-0.05, 0) is 0 Å². The van der Waals surface area contributed by atoms with Crippen molar-refractivity contribution in [2.75, 3.05) is 16.5 Å². The summed E-state index contributed by atoms with van der Waals surface area (Å²) in [5.74, 6) is 0. The molecule has 0 aliphatic carbocycles. The van der Waals surface area contributed by atoms with Gasteiger partial charge in [-0.3, -0.25) is 0 Å². The molecule has 0 aliphatic rings. The molecule has 0 aliphatic heterocycles. The summed E-state index contributed by atoms with van der Waals surface area (Å²) in [6.07, 6.45) is 0. The molecule has 0 N–H and O–H groups in total. The molecule has 4 heteroatoms. The maximum Gasteiger partial charge on any atom is 0.0984 e. The lowest BCUT2D eigenvalue weighted by Gasteiger charge is -2.16. The third kappa shape index (κ3) is 2.58. The van der Waals surface area contributed by atoms with Crippen LogP contribution in [-0.2, 0) is 0 Å². The fourth-order valence-corrected chi connectivity index (χ4v) is 2.89. The third-order valence-electron chi connectivity index (χ3n) is 0.968. The molecule has 0 aromatic rings. The Bertz CT molecular complexity index is 54.0. The van der Waals surface area contributed by atoms with E-state index in [-0.39, 0.29) is 0 Å². The van der Waals surface area contributed by atoms with Gasteiger partial charge in [0.05, 0.1) is 8.07 Å². The summed E-state index contributed by atoms with van der Waals surface area (Å²) < 4.78 is 0. The predicted octanol–water partition coefficient (Wildman–Crippen LogP) is 2.40. The second kappa shape index (κ2) is 3.99. The molecule has 0 nitrogen and oxygen atoms in total. The second-order valence-corrected chi connectivity index (χ2v) is 9.04. The van der Waals surface area contributed by atoms with Gasteiger partial charge in [0.15, 0.2) is 0 Å². The fraction of sp³-hybridized carbons (Fsp3) is 1.00. The van der Waals surface area contributed by atoms with E-state index in [9.17, 15) is 0 Å². The maximum absolute atomic E-state index is 5.60. The predicted molar refractivity (Wildman–Crippen MR) is 43.8 cm³/mol. The van der Waals surface area contributed by atoms with Gasteiger partial charge in [-0.15, -0.1) is 34.8 Å². The van der Waals surface area contributed by atoms with Crippen molar-refractivity contribution < 1.29 is 0 Å². The zero-order valence-corrected chi connectivity index (χ0v) is 8.02. The highest BCUT2D eigenvalue weighted by Crippen LogP contribution is 2.08. The zero-order valence-electron chi connectivity index (χ0n) is 4.76. The molecule has 0 saturated carbocycles. The van der Waals surface area contributed by atoms with Crippen molar-refractivity contribution in [1.29, 1.82) is 0 Å². The van der Waals surface area contributed by atoms with E-state index in [4.69, 9.17) is 34.8 Å². The van der Waals surface area contributed by atoms with Crippen molar-refractivity contribution in [2.45, 2.75) is 6.55 Å². The van der Waals surface area contributed by atoms with Crippen LogP contribution in [0.25, 0.3) is 0 Å². The molecule has 0 aromatic heterocycles. The highest BCUT2D eigenvalue weighted by atomic mass is 35.5. The first kappa shape index (κ1) is 9.09. The molecule has 0 aromatic carbocycles. The molecule has 0 amide bonds. The average molecular weight is 192 g/mol. The Morgan fingerprint density at radius 1 is 1.00 bits per heavy atom. The SMILES string of the molecule is C[Si](CCl)(CCl)CCl. The normalized spacial score (nSPS) is 12.0. The Kier molecular flexibility index (Phi) is 4.53. The third-order valence-corrected chi connectivity index (χ3v) is 8.71. The summed E-state index contributed by atoms with van der Waals surface area (Å²) in [7, 11) is -1.37. The van der Waals surface area contributed by atoms with Crippen molar-refractivity contribution in [2.24, 2.45) is 0 Å². The molecule has 0 saturated heterocycles. The minimum absolute atomic E-state index is 0.667. The Morgan fingerprint density at radius 3 is 1.25 bits per heavy atom. The Morgan fingerprint density at radius 2 is 1.25 bits per heavy atom. The summed E-state index contributed by atoms with van der Waals surface area (Å²) in [6, 6.07) is 0. The maximum atomic E-state index is 5.60.